The van der Waals surface area contributed by atoms with Crippen molar-refractivity contribution in [2.75, 3.05) is 23.3 Å². The van der Waals surface area contributed by atoms with Crippen LogP contribution in [0, 0.1) is 5.92 Å². The zero-order valence-corrected chi connectivity index (χ0v) is 18.6. The Kier molecular flexibility index (Phi) is 6.07. The van der Waals surface area contributed by atoms with Crippen LogP contribution in [-0.2, 0) is 9.53 Å². The molecular weight excluding hydrogens is 475 g/mol. The number of nitrogens with zero attached hydrogens (tertiary/aromatic N) is 4. The molecule has 1 aliphatic carbocycles. The predicted molar refractivity (Wildman–Crippen MR) is 118 cm³/mol. The summed E-state index contributed by atoms with van der Waals surface area (Å²) in [4.78, 5) is 18.8. The summed E-state index contributed by atoms with van der Waals surface area (Å²) in [5.41, 5.74) is 0.747. The lowest BCUT2D eigenvalue weighted by Gasteiger charge is -2.37. The first kappa shape index (κ1) is 22.9. The third kappa shape index (κ3) is 5.10. The van der Waals surface area contributed by atoms with Crippen LogP contribution in [0.15, 0.2) is 34.7 Å². The topological polar surface area (TPSA) is 93.4 Å². The average molecular weight is 496 g/mol. The highest BCUT2D eigenvalue weighted by molar-refractivity contribution is 6.31. The Morgan fingerprint density at radius 3 is 2.62 bits per heavy atom. The lowest BCUT2D eigenvalue weighted by molar-refractivity contribution is -0.344. The van der Waals surface area contributed by atoms with E-state index in [0.29, 0.717) is 42.4 Å². The van der Waals surface area contributed by atoms with Gasteiger partial charge in [-0.1, -0.05) is 16.7 Å². The number of ether oxygens (including phenoxy) is 1. The Balaban J connectivity index is 1.12. The minimum Gasteiger partial charge on any atom is -0.408 e. The molecule has 2 aromatic heterocycles. The number of hydrogen-bond donors (Lipinski definition) is 1. The second-order valence-corrected chi connectivity index (χ2v) is 9.02. The van der Waals surface area contributed by atoms with Gasteiger partial charge < -0.3 is 14.6 Å². The van der Waals surface area contributed by atoms with E-state index in [1.54, 1.807) is 23.1 Å². The molecule has 1 aliphatic heterocycles. The van der Waals surface area contributed by atoms with Crippen molar-refractivity contribution in [3.8, 4) is 0 Å². The molecule has 0 atom stereocenters. The van der Waals surface area contributed by atoms with Gasteiger partial charge in [0.05, 0.1) is 18.6 Å². The quantitative estimate of drug-likeness (QED) is 0.537. The molecule has 3 heterocycles. The highest BCUT2D eigenvalue weighted by Crippen LogP contribution is 2.37. The molecule has 0 bridgehead atoms. The van der Waals surface area contributed by atoms with E-state index in [1.165, 1.54) is 0 Å². The van der Waals surface area contributed by atoms with Gasteiger partial charge in [0.2, 0.25) is 11.8 Å². The maximum Gasteiger partial charge on any atom is 0.522 e. The van der Waals surface area contributed by atoms with Gasteiger partial charge in [0.15, 0.2) is 0 Å². The first-order chi connectivity index (χ1) is 16.2. The molecular formula is C22H21ClF3N5O3. The third-order valence-corrected chi connectivity index (χ3v) is 6.43. The second-order valence-electron chi connectivity index (χ2n) is 8.58. The lowest BCUT2D eigenvalue weighted by Crippen LogP contribution is -2.54. The highest BCUT2D eigenvalue weighted by atomic mass is 35.5. The SMILES string of the molecule is O=C(Nc1ccc2cc(Cl)ccc2n1)C1CCC(c2nnc(N3CC(OC(F)(F)F)C3)o2)CC1. The molecule has 2 aliphatic rings. The third-order valence-electron chi connectivity index (χ3n) is 6.20. The standard InChI is InChI=1S/C22H21ClF3N5O3/c23-15-6-7-17-14(9-15)5-8-18(27-17)28-19(32)12-1-3-13(4-2-12)20-29-30-21(33-20)31-10-16(11-31)34-22(24,25)26/h5-9,12-13,16H,1-4,10-11H2,(H,27,28,32). The van der Waals surface area contributed by atoms with Gasteiger partial charge >= 0.3 is 12.4 Å². The zero-order chi connectivity index (χ0) is 23.9. The summed E-state index contributed by atoms with van der Waals surface area (Å²) >= 11 is 6.00. The molecule has 1 saturated heterocycles. The predicted octanol–water partition coefficient (Wildman–Crippen LogP) is 4.91. The van der Waals surface area contributed by atoms with Crippen LogP contribution in [0.2, 0.25) is 5.02 Å². The molecule has 2 fully saturated rings. The van der Waals surface area contributed by atoms with Gasteiger partial charge in [-0.2, -0.15) is 0 Å². The van der Waals surface area contributed by atoms with Crippen LogP contribution < -0.4 is 10.2 Å². The molecule has 0 unspecified atom stereocenters. The van der Waals surface area contributed by atoms with E-state index in [4.69, 9.17) is 16.0 Å². The molecule has 0 radical (unpaired) electrons. The largest absolute Gasteiger partial charge is 0.522 e. The van der Waals surface area contributed by atoms with Crippen molar-refractivity contribution in [2.24, 2.45) is 5.92 Å². The fourth-order valence-corrected chi connectivity index (χ4v) is 4.55. The van der Waals surface area contributed by atoms with Crippen LogP contribution in [0.4, 0.5) is 25.0 Å². The summed E-state index contributed by atoms with van der Waals surface area (Å²) in [5.74, 6) is 0.714. The lowest BCUT2D eigenvalue weighted by atomic mass is 9.81. The monoisotopic (exact) mass is 495 g/mol. The minimum absolute atomic E-state index is 0.0114. The molecule has 1 aromatic carbocycles. The number of pyridine rings is 1. The van der Waals surface area contributed by atoms with Gasteiger partial charge in [0.1, 0.15) is 11.9 Å². The highest BCUT2D eigenvalue weighted by Gasteiger charge is 2.41. The minimum atomic E-state index is -4.65. The number of rotatable bonds is 5. The number of carbonyl (C=O) groups excluding carboxylic acids is 1. The zero-order valence-electron chi connectivity index (χ0n) is 17.9. The Bertz CT molecular complexity index is 1190. The van der Waals surface area contributed by atoms with Gasteiger partial charge in [-0.05, 0) is 56.0 Å². The van der Waals surface area contributed by atoms with Crippen LogP contribution in [-0.4, -0.2) is 46.6 Å². The Morgan fingerprint density at radius 1 is 1.12 bits per heavy atom. The summed E-state index contributed by atoms with van der Waals surface area (Å²) in [7, 11) is 0. The number of alkyl halides is 3. The van der Waals surface area contributed by atoms with Crippen molar-refractivity contribution in [3.63, 3.8) is 0 Å². The van der Waals surface area contributed by atoms with Crippen molar-refractivity contribution < 1.29 is 27.1 Å². The van der Waals surface area contributed by atoms with Crippen LogP contribution in [0.3, 0.4) is 0 Å². The number of fused-ring (bicyclic) bond motifs is 1. The maximum absolute atomic E-state index is 12.7. The van der Waals surface area contributed by atoms with Gasteiger partial charge in [0.25, 0.3) is 0 Å². The number of nitrogens with one attached hydrogen (secondary N) is 1. The first-order valence-corrected chi connectivity index (χ1v) is 11.3. The fourth-order valence-electron chi connectivity index (χ4n) is 4.37. The number of aromatic nitrogens is 3. The molecule has 1 N–H and O–H groups in total. The normalized spacial score (nSPS) is 21.5. The molecule has 34 heavy (non-hydrogen) atoms. The van der Waals surface area contributed by atoms with Crippen LogP contribution in [0.5, 0.6) is 0 Å². The summed E-state index contributed by atoms with van der Waals surface area (Å²) in [5, 5.41) is 12.5. The first-order valence-electron chi connectivity index (χ1n) is 10.9. The molecule has 0 spiro atoms. The molecule has 5 rings (SSSR count). The van der Waals surface area contributed by atoms with Crippen molar-refractivity contribution in [2.45, 2.75) is 44.1 Å². The number of amides is 1. The van der Waals surface area contributed by atoms with E-state index in [0.717, 1.165) is 10.9 Å². The van der Waals surface area contributed by atoms with E-state index in [1.807, 2.05) is 12.1 Å². The van der Waals surface area contributed by atoms with Crippen LogP contribution in [0.1, 0.15) is 37.5 Å². The van der Waals surface area contributed by atoms with Gasteiger partial charge in [-0.25, -0.2) is 4.98 Å². The van der Waals surface area contributed by atoms with E-state index in [-0.39, 0.29) is 36.8 Å². The smallest absolute Gasteiger partial charge is 0.408 e. The van der Waals surface area contributed by atoms with Gasteiger partial charge in [0, 0.05) is 22.2 Å². The summed E-state index contributed by atoms with van der Waals surface area (Å²) < 4.78 is 46.4. The molecule has 180 valence electrons. The van der Waals surface area contributed by atoms with E-state index < -0.39 is 12.5 Å². The van der Waals surface area contributed by atoms with Gasteiger partial charge in [-0.15, -0.1) is 18.3 Å². The number of benzene rings is 1. The molecule has 12 heteroatoms. The summed E-state index contributed by atoms with van der Waals surface area (Å²) in [6.07, 6.45) is -2.88. The molecule has 1 saturated carbocycles. The van der Waals surface area contributed by atoms with Crippen molar-refractivity contribution in [1.29, 1.82) is 0 Å². The van der Waals surface area contributed by atoms with E-state index in [2.05, 4.69) is 25.2 Å². The number of halogens is 4. The molecule has 3 aromatic rings. The summed E-state index contributed by atoms with van der Waals surface area (Å²) in [6.45, 7) is 0.0911. The Hall–Kier alpha value is -2.92. The average Bonchev–Trinajstić information content (AvgIpc) is 3.25. The number of carbonyl (C=O) groups is 1. The Labute approximate surface area is 197 Å². The summed E-state index contributed by atoms with van der Waals surface area (Å²) in [6, 6.07) is 9.19. The van der Waals surface area contributed by atoms with Crippen molar-refractivity contribution in [3.05, 3.63) is 41.2 Å². The van der Waals surface area contributed by atoms with Crippen molar-refractivity contribution in [1.82, 2.24) is 15.2 Å². The van der Waals surface area contributed by atoms with Crippen LogP contribution >= 0.6 is 11.6 Å². The van der Waals surface area contributed by atoms with E-state index in [9.17, 15) is 18.0 Å². The Morgan fingerprint density at radius 2 is 1.88 bits per heavy atom. The number of anilines is 2. The molecule has 8 nitrogen and oxygen atoms in total. The molecule has 1 amide bonds. The number of hydrogen-bond acceptors (Lipinski definition) is 7. The maximum atomic E-state index is 12.7. The van der Waals surface area contributed by atoms with Gasteiger partial charge in [-0.3, -0.25) is 9.53 Å². The van der Waals surface area contributed by atoms with Crippen LogP contribution in [0.25, 0.3) is 10.9 Å². The second kappa shape index (κ2) is 9.03. The van der Waals surface area contributed by atoms with Crippen molar-refractivity contribution >= 4 is 40.2 Å². The fraction of sp³-hybridized carbons (Fsp3) is 0.455. The van der Waals surface area contributed by atoms with E-state index >= 15 is 0 Å².